The molecule has 1 aromatic carbocycles. The van der Waals surface area contributed by atoms with Gasteiger partial charge in [-0.05, 0) is 18.2 Å². The number of carbonyl (C=O) groups is 1. The lowest BCUT2D eigenvalue weighted by Crippen LogP contribution is -2.28. The zero-order valence-corrected chi connectivity index (χ0v) is 10.2. The molecule has 90 valence electrons. The van der Waals surface area contributed by atoms with Gasteiger partial charge >= 0.3 is 5.97 Å². The second kappa shape index (κ2) is 3.84. The number of hydrogen-bond donors (Lipinski definition) is 1. The molecule has 0 aliphatic heterocycles. The number of aromatic amines is 1. The molecule has 0 spiro atoms. The summed E-state index contributed by atoms with van der Waals surface area (Å²) in [5.74, 6) is -0.349. The first-order valence-corrected chi connectivity index (χ1v) is 5.69. The van der Waals surface area contributed by atoms with Crippen LogP contribution in [-0.2, 0) is 11.8 Å². The van der Waals surface area contributed by atoms with Gasteiger partial charge in [-0.2, -0.15) is 4.57 Å². The molecule has 0 fully saturated rings. The van der Waals surface area contributed by atoms with Gasteiger partial charge in [-0.25, -0.2) is 4.79 Å². The van der Waals surface area contributed by atoms with E-state index in [0.717, 1.165) is 21.8 Å². The highest BCUT2D eigenvalue weighted by Gasteiger charge is 2.15. The Bertz CT molecular complexity index is 759. The monoisotopic (exact) mass is 241 g/mol. The minimum absolute atomic E-state index is 0.349. The van der Waals surface area contributed by atoms with Crippen LogP contribution in [0, 0.1) is 0 Å². The zero-order valence-electron chi connectivity index (χ0n) is 10.2. The lowest BCUT2D eigenvalue weighted by molar-refractivity contribution is -0.644. The number of carbonyl (C=O) groups excluding carboxylic acids is 1. The molecule has 2 heterocycles. The highest BCUT2D eigenvalue weighted by Crippen LogP contribution is 2.23. The molecule has 0 radical (unpaired) electrons. The predicted molar refractivity (Wildman–Crippen MR) is 68.3 cm³/mol. The maximum absolute atomic E-state index is 11.5. The van der Waals surface area contributed by atoms with E-state index in [9.17, 15) is 4.79 Å². The Kier molecular flexibility index (Phi) is 2.30. The van der Waals surface area contributed by atoms with Gasteiger partial charge in [0.05, 0.1) is 7.11 Å². The molecule has 0 amide bonds. The minimum Gasteiger partial charge on any atom is -0.464 e. The van der Waals surface area contributed by atoms with E-state index in [4.69, 9.17) is 4.74 Å². The fraction of sp³-hybridized carbons (Fsp3) is 0.143. The third-order valence-electron chi connectivity index (χ3n) is 3.14. The summed E-state index contributed by atoms with van der Waals surface area (Å²) < 4.78 is 6.77. The summed E-state index contributed by atoms with van der Waals surface area (Å²) in [6.07, 6.45) is 1.99. The van der Waals surface area contributed by atoms with Crippen LogP contribution in [0.1, 0.15) is 10.5 Å². The van der Waals surface area contributed by atoms with E-state index >= 15 is 0 Å². The van der Waals surface area contributed by atoms with Crippen LogP contribution in [0.15, 0.2) is 36.5 Å². The van der Waals surface area contributed by atoms with Crippen LogP contribution in [-0.4, -0.2) is 18.1 Å². The Hall–Kier alpha value is -2.36. The largest absolute Gasteiger partial charge is 0.464 e. The lowest BCUT2D eigenvalue weighted by Gasteiger charge is -1.97. The van der Waals surface area contributed by atoms with E-state index in [1.54, 1.807) is 0 Å². The van der Waals surface area contributed by atoms with E-state index in [2.05, 4.69) is 4.98 Å². The number of rotatable bonds is 1. The highest BCUT2D eigenvalue weighted by molar-refractivity contribution is 6.04. The van der Waals surface area contributed by atoms with Crippen molar-refractivity contribution in [3.05, 3.63) is 42.2 Å². The van der Waals surface area contributed by atoms with E-state index in [0.29, 0.717) is 5.69 Å². The molecule has 2 aromatic heterocycles. The molecule has 4 heteroatoms. The normalized spacial score (nSPS) is 11.0. The van der Waals surface area contributed by atoms with Crippen molar-refractivity contribution < 1.29 is 14.1 Å². The summed E-state index contributed by atoms with van der Waals surface area (Å²) in [4.78, 5) is 14.7. The summed E-state index contributed by atoms with van der Waals surface area (Å²) in [7, 11) is 3.37. The highest BCUT2D eigenvalue weighted by atomic mass is 16.5. The number of nitrogens with one attached hydrogen (secondary N) is 1. The number of benzene rings is 1. The van der Waals surface area contributed by atoms with Crippen molar-refractivity contribution in [3.8, 4) is 0 Å². The maximum Gasteiger partial charge on any atom is 0.354 e. The number of fused-ring (bicyclic) bond motifs is 3. The molecule has 0 saturated carbocycles. The smallest absolute Gasteiger partial charge is 0.354 e. The molecule has 1 N–H and O–H groups in total. The lowest BCUT2D eigenvalue weighted by atomic mass is 10.1. The van der Waals surface area contributed by atoms with Crippen LogP contribution in [0.5, 0.6) is 0 Å². The number of aryl methyl sites for hydroxylation is 1. The van der Waals surface area contributed by atoms with Gasteiger partial charge in [0.25, 0.3) is 0 Å². The van der Waals surface area contributed by atoms with Crippen molar-refractivity contribution in [3.63, 3.8) is 0 Å². The zero-order chi connectivity index (χ0) is 12.7. The van der Waals surface area contributed by atoms with Gasteiger partial charge in [-0.1, -0.05) is 6.07 Å². The first kappa shape index (κ1) is 10.8. The van der Waals surface area contributed by atoms with Gasteiger partial charge in [-0.3, -0.25) is 0 Å². The van der Waals surface area contributed by atoms with E-state index < -0.39 is 0 Å². The van der Waals surface area contributed by atoms with Crippen molar-refractivity contribution in [1.82, 2.24) is 4.98 Å². The molecule has 4 nitrogen and oxygen atoms in total. The van der Waals surface area contributed by atoms with Gasteiger partial charge in [0.15, 0.2) is 6.20 Å². The predicted octanol–water partition coefficient (Wildman–Crippen LogP) is 1.93. The number of methoxy groups -OCH3 is 1. The average Bonchev–Trinajstić information content (AvgIpc) is 2.81. The summed E-state index contributed by atoms with van der Waals surface area (Å²) in [6, 6.07) is 9.91. The van der Waals surface area contributed by atoms with Gasteiger partial charge in [-0.15, -0.1) is 0 Å². The molecule has 0 saturated heterocycles. The van der Waals surface area contributed by atoms with Crippen LogP contribution >= 0.6 is 0 Å². The van der Waals surface area contributed by atoms with Crippen molar-refractivity contribution >= 4 is 27.8 Å². The van der Waals surface area contributed by atoms with Crippen LogP contribution in [0.25, 0.3) is 21.8 Å². The summed E-state index contributed by atoms with van der Waals surface area (Å²) in [5.41, 5.74) is 2.50. The SMILES string of the molecule is COC(=O)c1cc2ccc3ccc[n+](C)c3c2[nH]1. The van der Waals surface area contributed by atoms with Gasteiger partial charge in [0, 0.05) is 16.8 Å². The standard InChI is InChI=1S/C14H12N2O2/c1-16-7-3-4-9-5-6-10-8-11(14(17)18-2)15-12(10)13(9)16/h3-8H,1-2H3/p+1. The topological polar surface area (TPSA) is 46.0 Å². The number of H-pyrrole nitrogens is 1. The number of pyridine rings is 1. The summed E-state index contributed by atoms with van der Waals surface area (Å²) >= 11 is 0. The first-order valence-electron chi connectivity index (χ1n) is 5.69. The summed E-state index contributed by atoms with van der Waals surface area (Å²) in [5, 5.41) is 2.13. The van der Waals surface area contributed by atoms with E-state index in [-0.39, 0.29) is 5.97 Å². The second-order valence-electron chi connectivity index (χ2n) is 4.26. The molecule has 0 bridgehead atoms. The van der Waals surface area contributed by atoms with Crippen LogP contribution in [0.3, 0.4) is 0 Å². The number of nitrogens with zero attached hydrogens (tertiary/aromatic N) is 1. The molecule has 0 unspecified atom stereocenters. The van der Waals surface area contributed by atoms with Crippen molar-refractivity contribution in [2.75, 3.05) is 7.11 Å². The van der Waals surface area contributed by atoms with Crippen LogP contribution in [0.2, 0.25) is 0 Å². The second-order valence-corrected chi connectivity index (χ2v) is 4.26. The van der Waals surface area contributed by atoms with Gasteiger partial charge in [0.2, 0.25) is 5.52 Å². The molecule has 3 rings (SSSR count). The minimum atomic E-state index is -0.349. The Balaban J connectivity index is 2.40. The van der Waals surface area contributed by atoms with Gasteiger partial charge in [0.1, 0.15) is 18.3 Å². The van der Waals surface area contributed by atoms with Crippen molar-refractivity contribution in [2.24, 2.45) is 7.05 Å². The Morgan fingerprint density at radius 2 is 2.06 bits per heavy atom. The number of ether oxygens (including phenoxy) is 1. The van der Waals surface area contributed by atoms with Gasteiger partial charge < -0.3 is 9.72 Å². The molecule has 0 aliphatic carbocycles. The van der Waals surface area contributed by atoms with E-state index in [1.807, 2.05) is 48.1 Å². The third-order valence-corrected chi connectivity index (χ3v) is 3.14. The Labute approximate surface area is 104 Å². The molecule has 18 heavy (non-hydrogen) atoms. The Morgan fingerprint density at radius 1 is 1.28 bits per heavy atom. The maximum atomic E-state index is 11.5. The average molecular weight is 241 g/mol. The first-order chi connectivity index (χ1) is 8.70. The third kappa shape index (κ3) is 1.46. The van der Waals surface area contributed by atoms with Crippen molar-refractivity contribution in [1.29, 1.82) is 0 Å². The summed E-state index contributed by atoms with van der Waals surface area (Å²) in [6.45, 7) is 0. The molecular weight excluding hydrogens is 228 g/mol. The fourth-order valence-electron chi connectivity index (χ4n) is 2.29. The van der Waals surface area contributed by atoms with Crippen molar-refractivity contribution in [2.45, 2.75) is 0 Å². The van der Waals surface area contributed by atoms with Crippen LogP contribution in [0.4, 0.5) is 0 Å². The quantitative estimate of drug-likeness (QED) is 0.522. The fourth-order valence-corrected chi connectivity index (χ4v) is 2.29. The molecule has 0 aliphatic rings. The molecule has 0 atom stereocenters. The van der Waals surface area contributed by atoms with Crippen LogP contribution < -0.4 is 4.57 Å². The Morgan fingerprint density at radius 3 is 2.83 bits per heavy atom. The number of aromatic nitrogens is 2. The number of esters is 1. The molecular formula is C14H13N2O2+. The number of hydrogen-bond acceptors (Lipinski definition) is 2. The molecule has 3 aromatic rings. The van der Waals surface area contributed by atoms with E-state index in [1.165, 1.54) is 7.11 Å².